The van der Waals surface area contributed by atoms with Crippen LogP contribution in [0.5, 0.6) is 5.75 Å². The largest absolute Gasteiger partial charge is 0.496 e. The fourth-order valence-corrected chi connectivity index (χ4v) is 1.63. The Morgan fingerprint density at radius 2 is 2.20 bits per heavy atom. The summed E-state index contributed by atoms with van der Waals surface area (Å²) >= 11 is 8.90. The fourth-order valence-electron chi connectivity index (χ4n) is 1.16. The third kappa shape index (κ3) is 2.13. The Balaban J connectivity index is 2.55. The molecule has 0 aliphatic rings. The summed E-state index contributed by atoms with van der Waals surface area (Å²) < 4.78 is 11.2. The molecule has 1 heterocycles. The van der Waals surface area contributed by atoms with Gasteiger partial charge in [0.05, 0.1) is 12.7 Å². The first-order valence-electron chi connectivity index (χ1n) is 4.03. The van der Waals surface area contributed by atoms with Crippen LogP contribution in [-0.2, 0) is 0 Å². The van der Waals surface area contributed by atoms with Gasteiger partial charge >= 0.3 is 5.35 Å². The van der Waals surface area contributed by atoms with E-state index in [-0.39, 0.29) is 5.35 Å². The Morgan fingerprint density at radius 1 is 1.40 bits per heavy atom. The molecule has 2 rings (SSSR count). The highest BCUT2D eigenvalue weighted by Gasteiger charge is 2.12. The van der Waals surface area contributed by atoms with Crippen molar-refractivity contribution in [3.8, 4) is 17.2 Å². The first-order chi connectivity index (χ1) is 7.20. The van der Waals surface area contributed by atoms with Gasteiger partial charge in [-0.15, -0.1) is 5.10 Å². The lowest BCUT2D eigenvalue weighted by Gasteiger charge is -2.04. The van der Waals surface area contributed by atoms with Gasteiger partial charge in [0.15, 0.2) is 0 Å². The zero-order valence-electron chi connectivity index (χ0n) is 7.70. The third-order valence-electron chi connectivity index (χ3n) is 1.79. The Hall–Kier alpha value is -1.07. The molecule has 0 fully saturated rings. The number of benzene rings is 1. The normalized spacial score (nSPS) is 10.3. The third-order valence-corrected chi connectivity index (χ3v) is 2.44. The van der Waals surface area contributed by atoms with Crippen molar-refractivity contribution < 1.29 is 9.15 Å². The number of rotatable bonds is 2. The summed E-state index contributed by atoms with van der Waals surface area (Å²) in [6.07, 6.45) is 0. The molecule has 0 aliphatic heterocycles. The molecule has 0 atom stereocenters. The molecule has 1 aromatic heterocycles. The van der Waals surface area contributed by atoms with Crippen LogP contribution < -0.4 is 4.74 Å². The van der Waals surface area contributed by atoms with Crippen molar-refractivity contribution in [3.63, 3.8) is 0 Å². The van der Waals surface area contributed by atoms with E-state index in [1.165, 1.54) is 0 Å². The van der Waals surface area contributed by atoms with Crippen molar-refractivity contribution in [2.24, 2.45) is 0 Å². The van der Waals surface area contributed by atoms with Gasteiger partial charge in [-0.25, -0.2) is 0 Å². The molecule has 6 heteroatoms. The molecule has 78 valence electrons. The number of nitrogens with zero attached hydrogens (tertiary/aromatic N) is 2. The average molecular weight is 290 g/mol. The van der Waals surface area contributed by atoms with Crippen LogP contribution in [0.1, 0.15) is 0 Å². The Kier molecular flexibility index (Phi) is 2.93. The van der Waals surface area contributed by atoms with Crippen molar-refractivity contribution in [2.45, 2.75) is 0 Å². The molecule has 0 spiro atoms. The minimum absolute atomic E-state index is 0.00651. The lowest BCUT2D eigenvalue weighted by Crippen LogP contribution is -1.88. The van der Waals surface area contributed by atoms with Crippen LogP contribution >= 0.6 is 27.5 Å². The van der Waals surface area contributed by atoms with Crippen LogP contribution in [0.4, 0.5) is 0 Å². The lowest BCUT2D eigenvalue weighted by atomic mass is 10.2. The van der Waals surface area contributed by atoms with Crippen LogP contribution in [0.15, 0.2) is 27.1 Å². The van der Waals surface area contributed by atoms with Gasteiger partial charge in [-0.3, -0.25) is 0 Å². The highest BCUT2D eigenvalue weighted by Crippen LogP contribution is 2.32. The summed E-state index contributed by atoms with van der Waals surface area (Å²) in [6, 6.07) is 5.49. The van der Waals surface area contributed by atoms with Crippen LogP contribution in [-0.4, -0.2) is 17.3 Å². The molecular weight excluding hydrogens is 283 g/mol. The van der Waals surface area contributed by atoms with E-state index in [1.807, 2.05) is 12.1 Å². The summed E-state index contributed by atoms with van der Waals surface area (Å²) in [5.74, 6) is 0.983. The van der Waals surface area contributed by atoms with Gasteiger partial charge in [0.1, 0.15) is 5.75 Å². The van der Waals surface area contributed by atoms with Crippen molar-refractivity contribution in [2.75, 3.05) is 7.11 Å². The summed E-state index contributed by atoms with van der Waals surface area (Å²) in [5, 5.41) is 7.37. The number of methoxy groups -OCH3 is 1. The summed E-state index contributed by atoms with van der Waals surface area (Å²) in [5.41, 5.74) is 0.700. The summed E-state index contributed by atoms with van der Waals surface area (Å²) in [7, 11) is 1.57. The smallest absolute Gasteiger partial charge is 0.313 e. The first kappa shape index (κ1) is 10.4. The predicted molar refractivity (Wildman–Crippen MR) is 59.0 cm³/mol. The van der Waals surface area contributed by atoms with Crippen LogP contribution in [0, 0.1) is 0 Å². The maximum absolute atomic E-state index is 5.55. The van der Waals surface area contributed by atoms with E-state index in [2.05, 4.69) is 26.1 Å². The van der Waals surface area contributed by atoms with E-state index >= 15 is 0 Å². The Bertz CT molecular complexity index is 487. The van der Waals surface area contributed by atoms with Crippen molar-refractivity contribution in [1.29, 1.82) is 0 Å². The Labute approximate surface area is 99.3 Å². The van der Waals surface area contributed by atoms with Gasteiger partial charge in [-0.1, -0.05) is 21.0 Å². The van der Waals surface area contributed by atoms with Crippen molar-refractivity contribution in [3.05, 3.63) is 28.0 Å². The molecule has 0 amide bonds. The molecule has 0 saturated carbocycles. The fraction of sp³-hybridized carbons (Fsp3) is 0.111. The lowest BCUT2D eigenvalue weighted by molar-refractivity contribution is 0.414. The summed E-state index contributed by atoms with van der Waals surface area (Å²) in [4.78, 5) is 0. The zero-order chi connectivity index (χ0) is 10.8. The van der Waals surface area contributed by atoms with E-state index in [4.69, 9.17) is 20.8 Å². The van der Waals surface area contributed by atoms with Crippen molar-refractivity contribution >= 4 is 27.5 Å². The zero-order valence-corrected chi connectivity index (χ0v) is 10.0. The molecule has 2 aromatic rings. The van der Waals surface area contributed by atoms with Gasteiger partial charge in [0, 0.05) is 4.47 Å². The summed E-state index contributed by atoms with van der Waals surface area (Å²) in [6.45, 7) is 0. The second kappa shape index (κ2) is 4.20. The number of halogens is 2. The van der Waals surface area contributed by atoms with Gasteiger partial charge < -0.3 is 9.15 Å². The van der Waals surface area contributed by atoms with Crippen LogP contribution in [0.2, 0.25) is 5.35 Å². The molecular formula is C9H6BrClN2O2. The predicted octanol–water partition coefficient (Wildman–Crippen LogP) is 3.16. The maximum Gasteiger partial charge on any atom is 0.313 e. The SMILES string of the molecule is COc1ccc(Br)cc1-c1nnc(Cl)o1. The number of ether oxygens (including phenoxy) is 1. The molecule has 1 aromatic carbocycles. The topological polar surface area (TPSA) is 48.2 Å². The Morgan fingerprint density at radius 3 is 2.80 bits per heavy atom. The molecule has 0 bridgehead atoms. The molecule has 0 N–H and O–H groups in total. The van der Waals surface area contributed by atoms with E-state index in [0.717, 1.165) is 4.47 Å². The molecule has 0 aliphatic carbocycles. The number of hydrogen-bond acceptors (Lipinski definition) is 4. The molecule has 0 unspecified atom stereocenters. The van der Waals surface area contributed by atoms with Gasteiger partial charge in [0.2, 0.25) is 0 Å². The highest BCUT2D eigenvalue weighted by atomic mass is 79.9. The second-order valence-corrected chi connectivity index (χ2v) is 3.94. The monoisotopic (exact) mass is 288 g/mol. The van der Waals surface area contributed by atoms with Gasteiger partial charge in [-0.2, -0.15) is 0 Å². The first-order valence-corrected chi connectivity index (χ1v) is 5.20. The minimum Gasteiger partial charge on any atom is -0.496 e. The molecule has 4 nitrogen and oxygen atoms in total. The van der Waals surface area contributed by atoms with E-state index in [0.29, 0.717) is 17.2 Å². The quantitative estimate of drug-likeness (QED) is 0.852. The van der Waals surface area contributed by atoms with Gasteiger partial charge in [0.25, 0.3) is 5.89 Å². The van der Waals surface area contributed by atoms with E-state index < -0.39 is 0 Å². The molecule has 0 saturated heterocycles. The highest BCUT2D eigenvalue weighted by molar-refractivity contribution is 9.10. The minimum atomic E-state index is 0.00651. The van der Waals surface area contributed by atoms with E-state index in [9.17, 15) is 0 Å². The second-order valence-electron chi connectivity index (χ2n) is 2.70. The molecule has 15 heavy (non-hydrogen) atoms. The van der Waals surface area contributed by atoms with E-state index in [1.54, 1.807) is 13.2 Å². The van der Waals surface area contributed by atoms with Gasteiger partial charge in [-0.05, 0) is 29.8 Å². The van der Waals surface area contributed by atoms with Crippen LogP contribution in [0.25, 0.3) is 11.5 Å². The molecule has 0 radical (unpaired) electrons. The van der Waals surface area contributed by atoms with Crippen molar-refractivity contribution in [1.82, 2.24) is 10.2 Å². The number of aromatic nitrogens is 2. The maximum atomic E-state index is 5.55. The standard InChI is InChI=1S/C9H6BrClN2O2/c1-14-7-3-2-5(10)4-6(7)8-12-13-9(11)15-8/h2-4H,1H3. The average Bonchev–Trinajstić information content (AvgIpc) is 2.65. The number of hydrogen-bond donors (Lipinski definition) is 0. The van der Waals surface area contributed by atoms with Crippen LogP contribution in [0.3, 0.4) is 0 Å².